The minimum absolute atomic E-state index is 0.105. The normalized spacial score (nSPS) is 14.1. The van der Waals surface area contributed by atoms with Gasteiger partial charge in [0.2, 0.25) is 0 Å². The molecular weight excluding hydrogens is 222 g/mol. The number of nitrogens with one attached hydrogen (secondary N) is 2. The zero-order valence-electron chi connectivity index (χ0n) is 10.4. The van der Waals surface area contributed by atoms with Crippen LogP contribution in [0.25, 0.3) is 0 Å². The Morgan fingerprint density at radius 1 is 1.65 bits per heavy atom. The third-order valence-corrected chi connectivity index (χ3v) is 2.44. The van der Waals surface area contributed by atoms with Crippen molar-refractivity contribution in [1.29, 1.82) is 0 Å². The third-order valence-electron chi connectivity index (χ3n) is 2.44. The van der Waals surface area contributed by atoms with Gasteiger partial charge in [-0.3, -0.25) is 5.32 Å². The summed E-state index contributed by atoms with van der Waals surface area (Å²) in [5.41, 5.74) is -0.613. The molecule has 1 atom stereocenters. The molecule has 0 unspecified atom stereocenters. The standard InChI is InChI=1S/C11H19N3O3/c1-4-5-11(3,7-15)13-10(16)12-9-6-8(2)17-14-9/h6,15H,4-5,7H2,1-3H3,(H2,12,13,14,16)/t11-/m1/s1. The summed E-state index contributed by atoms with van der Waals surface area (Å²) in [4.78, 5) is 11.7. The number of aryl methyl sites for hydroxylation is 1. The van der Waals surface area contributed by atoms with E-state index in [4.69, 9.17) is 4.52 Å². The maximum absolute atomic E-state index is 11.7. The first-order chi connectivity index (χ1) is 7.99. The largest absolute Gasteiger partial charge is 0.394 e. The number of anilines is 1. The van der Waals surface area contributed by atoms with Crippen molar-refractivity contribution < 1.29 is 14.4 Å². The molecular formula is C11H19N3O3. The van der Waals surface area contributed by atoms with Gasteiger partial charge in [0.1, 0.15) is 5.76 Å². The molecule has 0 saturated heterocycles. The van der Waals surface area contributed by atoms with Crippen LogP contribution in [-0.4, -0.2) is 28.4 Å². The molecule has 0 bridgehead atoms. The Hall–Kier alpha value is -1.56. The fraction of sp³-hybridized carbons (Fsp3) is 0.636. The average Bonchev–Trinajstić information content (AvgIpc) is 2.64. The molecule has 0 aliphatic rings. The molecule has 0 aliphatic heterocycles. The highest BCUT2D eigenvalue weighted by molar-refractivity contribution is 5.88. The number of aliphatic hydroxyl groups is 1. The van der Waals surface area contributed by atoms with E-state index in [1.54, 1.807) is 19.9 Å². The number of urea groups is 1. The van der Waals surface area contributed by atoms with Gasteiger partial charge in [0.15, 0.2) is 5.82 Å². The zero-order valence-corrected chi connectivity index (χ0v) is 10.4. The first-order valence-electron chi connectivity index (χ1n) is 5.62. The molecule has 3 N–H and O–H groups in total. The van der Waals surface area contributed by atoms with E-state index in [9.17, 15) is 9.90 Å². The SMILES string of the molecule is CCC[C@](C)(CO)NC(=O)Nc1cc(C)on1. The number of nitrogens with zero attached hydrogens (tertiary/aromatic N) is 1. The van der Waals surface area contributed by atoms with Crippen LogP contribution < -0.4 is 10.6 Å². The highest BCUT2D eigenvalue weighted by Crippen LogP contribution is 2.12. The van der Waals surface area contributed by atoms with E-state index in [0.717, 1.165) is 6.42 Å². The molecule has 0 aromatic carbocycles. The lowest BCUT2D eigenvalue weighted by Gasteiger charge is -2.28. The molecule has 0 spiro atoms. The Labute approximate surface area is 100 Å². The quantitative estimate of drug-likeness (QED) is 0.731. The van der Waals surface area contributed by atoms with Crippen LogP contribution in [0, 0.1) is 6.92 Å². The van der Waals surface area contributed by atoms with Crippen molar-refractivity contribution in [2.45, 2.75) is 39.2 Å². The number of aromatic nitrogens is 1. The minimum Gasteiger partial charge on any atom is -0.394 e. The van der Waals surface area contributed by atoms with Crippen molar-refractivity contribution in [3.8, 4) is 0 Å². The van der Waals surface area contributed by atoms with Crippen molar-refractivity contribution in [1.82, 2.24) is 10.5 Å². The lowest BCUT2D eigenvalue weighted by Crippen LogP contribution is -2.50. The fourth-order valence-corrected chi connectivity index (χ4v) is 1.58. The molecule has 1 aromatic heterocycles. The number of aliphatic hydroxyl groups excluding tert-OH is 1. The predicted octanol–water partition coefficient (Wildman–Crippen LogP) is 1.66. The summed E-state index contributed by atoms with van der Waals surface area (Å²) < 4.78 is 4.83. The number of hydrogen-bond donors (Lipinski definition) is 3. The smallest absolute Gasteiger partial charge is 0.320 e. The van der Waals surface area contributed by atoms with Gasteiger partial charge in [0, 0.05) is 6.07 Å². The van der Waals surface area contributed by atoms with E-state index in [1.807, 2.05) is 6.92 Å². The second kappa shape index (κ2) is 5.67. The summed E-state index contributed by atoms with van der Waals surface area (Å²) in [5, 5.41) is 18.2. The Morgan fingerprint density at radius 2 is 2.35 bits per heavy atom. The Morgan fingerprint density at radius 3 is 2.82 bits per heavy atom. The van der Waals surface area contributed by atoms with Crippen molar-refractivity contribution >= 4 is 11.8 Å². The number of carbonyl (C=O) groups is 1. The molecule has 1 aromatic rings. The number of carbonyl (C=O) groups excluding carboxylic acids is 1. The van der Waals surface area contributed by atoms with Crippen LogP contribution in [0.15, 0.2) is 10.6 Å². The van der Waals surface area contributed by atoms with Crippen molar-refractivity contribution in [3.63, 3.8) is 0 Å². The van der Waals surface area contributed by atoms with Gasteiger partial charge in [-0.25, -0.2) is 4.79 Å². The molecule has 6 nitrogen and oxygen atoms in total. The Kier molecular flexibility index (Phi) is 4.51. The van der Waals surface area contributed by atoms with E-state index in [-0.39, 0.29) is 6.61 Å². The molecule has 96 valence electrons. The summed E-state index contributed by atoms with van der Waals surface area (Å²) in [5.74, 6) is 0.982. The van der Waals surface area contributed by atoms with E-state index in [2.05, 4.69) is 15.8 Å². The van der Waals surface area contributed by atoms with Crippen LogP contribution in [0.5, 0.6) is 0 Å². The van der Waals surface area contributed by atoms with Crippen LogP contribution in [0.4, 0.5) is 10.6 Å². The van der Waals surface area contributed by atoms with E-state index < -0.39 is 11.6 Å². The molecule has 0 radical (unpaired) electrons. The molecule has 6 heteroatoms. The van der Waals surface area contributed by atoms with Crippen LogP contribution in [0.3, 0.4) is 0 Å². The molecule has 17 heavy (non-hydrogen) atoms. The van der Waals surface area contributed by atoms with Gasteiger partial charge in [-0.05, 0) is 20.3 Å². The lowest BCUT2D eigenvalue weighted by molar-refractivity contribution is 0.167. The highest BCUT2D eigenvalue weighted by Gasteiger charge is 2.24. The van der Waals surface area contributed by atoms with Crippen molar-refractivity contribution in [3.05, 3.63) is 11.8 Å². The molecule has 0 aliphatic carbocycles. The van der Waals surface area contributed by atoms with Crippen molar-refractivity contribution in [2.24, 2.45) is 0 Å². The van der Waals surface area contributed by atoms with Gasteiger partial charge in [-0.1, -0.05) is 18.5 Å². The monoisotopic (exact) mass is 241 g/mol. The van der Waals surface area contributed by atoms with Gasteiger partial charge in [-0.15, -0.1) is 0 Å². The number of amides is 2. The molecule has 0 saturated carbocycles. The maximum Gasteiger partial charge on any atom is 0.320 e. The molecule has 1 rings (SSSR count). The van der Waals surface area contributed by atoms with Crippen molar-refractivity contribution in [2.75, 3.05) is 11.9 Å². The highest BCUT2D eigenvalue weighted by atomic mass is 16.5. The second-order valence-corrected chi connectivity index (χ2v) is 4.37. The molecule has 1 heterocycles. The summed E-state index contributed by atoms with van der Waals surface area (Å²) in [6, 6.07) is 1.22. The van der Waals surface area contributed by atoms with E-state index in [1.165, 1.54) is 0 Å². The molecule has 2 amide bonds. The fourth-order valence-electron chi connectivity index (χ4n) is 1.58. The average molecular weight is 241 g/mol. The Bertz CT molecular complexity index is 378. The first-order valence-corrected chi connectivity index (χ1v) is 5.62. The number of rotatable bonds is 5. The van der Waals surface area contributed by atoms with Gasteiger partial charge in [-0.2, -0.15) is 0 Å². The summed E-state index contributed by atoms with van der Waals surface area (Å²) in [7, 11) is 0. The first kappa shape index (κ1) is 13.5. The number of hydrogen-bond acceptors (Lipinski definition) is 4. The van der Waals surface area contributed by atoms with Gasteiger partial charge < -0.3 is 14.9 Å². The van der Waals surface area contributed by atoms with Gasteiger partial charge >= 0.3 is 6.03 Å². The predicted molar refractivity (Wildman–Crippen MR) is 63.8 cm³/mol. The van der Waals surface area contributed by atoms with Gasteiger partial charge in [0.25, 0.3) is 0 Å². The topological polar surface area (TPSA) is 87.4 Å². The maximum atomic E-state index is 11.7. The summed E-state index contributed by atoms with van der Waals surface area (Å²) in [6.07, 6.45) is 1.58. The summed E-state index contributed by atoms with van der Waals surface area (Å²) in [6.45, 7) is 5.43. The van der Waals surface area contributed by atoms with Crippen LogP contribution in [0.1, 0.15) is 32.4 Å². The van der Waals surface area contributed by atoms with E-state index in [0.29, 0.717) is 18.0 Å². The second-order valence-electron chi connectivity index (χ2n) is 4.37. The summed E-state index contributed by atoms with van der Waals surface area (Å²) >= 11 is 0. The van der Waals surface area contributed by atoms with Gasteiger partial charge in [0.05, 0.1) is 12.1 Å². The van der Waals surface area contributed by atoms with E-state index >= 15 is 0 Å². The Balaban J connectivity index is 2.53. The van der Waals surface area contributed by atoms with Crippen LogP contribution in [0.2, 0.25) is 0 Å². The zero-order chi connectivity index (χ0) is 12.9. The lowest BCUT2D eigenvalue weighted by atomic mass is 9.98. The third kappa shape index (κ3) is 4.07. The minimum atomic E-state index is -0.613. The van der Waals surface area contributed by atoms with Crippen LogP contribution >= 0.6 is 0 Å². The van der Waals surface area contributed by atoms with Crippen LogP contribution in [-0.2, 0) is 0 Å². The molecule has 0 fully saturated rings.